The minimum absolute atomic E-state index is 0.106. The van der Waals surface area contributed by atoms with Crippen LogP contribution in [0.15, 0.2) is 24.3 Å². The Morgan fingerprint density at radius 1 is 1.32 bits per heavy atom. The van der Waals surface area contributed by atoms with Crippen molar-refractivity contribution in [3.05, 3.63) is 24.3 Å². The van der Waals surface area contributed by atoms with Crippen molar-refractivity contribution in [1.29, 1.82) is 0 Å². The largest absolute Gasteiger partial charge is 0.497 e. The molecule has 2 aliphatic rings. The van der Waals surface area contributed by atoms with Gasteiger partial charge in [0.2, 0.25) is 0 Å². The molecule has 0 aromatic heterocycles. The smallest absolute Gasteiger partial charge is 0.319 e. The third-order valence-electron chi connectivity index (χ3n) is 4.38. The zero-order valence-corrected chi connectivity index (χ0v) is 11.2. The predicted molar refractivity (Wildman–Crippen MR) is 74.4 cm³/mol. The molecule has 0 unspecified atom stereocenters. The summed E-state index contributed by atoms with van der Waals surface area (Å²) >= 11 is 0. The van der Waals surface area contributed by atoms with E-state index in [1.54, 1.807) is 7.11 Å². The number of urea groups is 1. The maximum atomic E-state index is 12.0. The van der Waals surface area contributed by atoms with Gasteiger partial charge >= 0.3 is 6.03 Å². The van der Waals surface area contributed by atoms with Gasteiger partial charge in [0.15, 0.2) is 0 Å². The summed E-state index contributed by atoms with van der Waals surface area (Å²) in [6.07, 6.45) is 5.06. The van der Waals surface area contributed by atoms with Crippen molar-refractivity contribution in [2.45, 2.75) is 31.7 Å². The second-order valence-electron chi connectivity index (χ2n) is 5.61. The van der Waals surface area contributed by atoms with Gasteiger partial charge in [0, 0.05) is 17.8 Å². The van der Waals surface area contributed by atoms with Gasteiger partial charge in [0.05, 0.1) is 7.11 Å². The number of carbonyl (C=O) groups excluding carboxylic acids is 1. The Morgan fingerprint density at radius 2 is 2.21 bits per heavy atom. The van der Waals surface area contributed by atoms with Gasteiger partial charge < -0.3 is 15.4 Å². The molecule has 1 aromatic rings. The van der Waals surface area contributed by atoms with Crippen LogP contribution in [-0.4, -0.2) is 19.2 Å². The van der Waals surface area contributed by atoms with Crippen LogP contribution in [0.25, 0.3) is 0 Å². The summed E-state index contributed by atoms with van der Waals surface area (Å²) in [7, 11) is 1.62. The highest BCUT2D eigenvalue weighted by Gasteiger charge is 2.40. The third kappa shape index (κ3) is 2.67. The summed E-state index contributed by atoms with van der Waals surface area (Å²) in [6, 6.07) is 7.67. The fourth-order valence-corrected chi connectivity index (χ4v) is 3.46. The van der Waals surface area contributed by atoms with Crippen LogP contribution in [-0.2, 0) is 0 Å². The molecule has 3 atom stereocenters. The Balaban J connectivity index is 1.56. The van der Waals surface area contributed by atoms with Gasteiger partial charge in [0.25, 0.3) is 0 Å². The molecule has 19 heavy (non-hydrogen) atoms. The second-order valence-corrected chi connectivity index (χ2v) is 5.61. The number of methoxy groups -OCH3 is 1. The minimum atomic E-state index is -0.106. The van der Waals surface area contributed by atoms with E-state index in [0.717, 1.165) is 23.8 Å². The molecule has 0 radical (unpaired) electrons. The Labute approximate surface area is 113 Å². The number of rotatable bonds is 3. The topological polar surface area (TPSA) is 50.4 Å². The first-order valence-corrected chi connectivity index (χ1v) is 6.96. The van der Waals surface area contributed by atoms with Crippen LogP contribution in [0.3, 0.4) is 0 Å². The summed E-state index contributed by atoms with van der Waals surface area (Å²) < 4.78 is 5.14. The number of anilines is 1. The molecule has 102 valence electrons. The first-order valence-electron chi connectivity index (χ1n) is 6.96. The molecular formula is C15H20N2O2. The van der Waals surface area contributed by atoms with Crippen LogP contribution >= 0.6 is 0 Å². The second kappa shape index (κ2) is 5.11. The Morgan fingerprint density at radius 3 is 2.89 bits per heavy atom. The maximum Gasteiger partial charge on any atom is 0.319 e. The van der Waals surface area contributed by atoms with Crippen LogP contribution in [0, 0.1) is 11.8 Å². The normalized spacial score (nSPS) is 28.2. The standard InChI is InChI=1S/C15H20N2O2/c1-19-13-4-2-3-12(9-13)16-15(18)17-14-8-10-5-6-11(14)7-10/h2-4,9-11,14H,5-8H2,1H3,(H2,16,17,18)/t10-,11+,14+/m0/s1. The molecule has 2 aliphatic carbocycles. The van der Waals surface area contributed by atoms with Gasteiger partial charge in [-0.2, -0.15) is 0 Å². The van der Waals surface area contributed by atoms with Crippen molar-refractivity contribution in [2.24, 2.45) is 11.8 Å². The fraction of sp³-hybridized carbons (Fsp3) is 0.533. The number of benzene rings is 1. The van der Waals surface area contributed by atoms with E-state index >= 15 is 0 Å². The molecule has 1 aromatic carbocycles. The lowest BCUT2D eigenvalue weighted by molar-refractivity contribution is 0.242. The molecule has 2 fully saturated rings. The lowest BCUT2D eigenvalue weighted by Crippen LogP contribution is -2.40. The van der Waals surface area contributed by atoms with Gasteiger partial charge in [-0.3, -0.25) is 0 Å². The molecule has 0 saturated heterocycles. The summed E-state index contributed by atoms with van der Waals surface area (Å²) in [4.78, 5) is 12.0. The number of fused-ring (bicyclic) bond motifs is 2. The van der Waals surface area contributed by atoms with Crippen LogP contribution < -0.4 is 15.4 Å². The molecule has 0 aliphatic heterocycles. The van der Waals surface area contributed by atoms with Crippen molar-refractivity contribution < 1.29 is 9.53 Å². The molecule has 3 rings (SSSR count). The van der Waals surface area contributed by atoms with Crippen LogP contribution in [0.2, 0.25) is 0 Å². The highest BCUT2D eigenvalue weighted by atomic mass is 16.5. The van der Waals surface area contributed by atoms with E-state index in [1.807, 2.05) is 24.3 Å². The van der Waals surface area contributed by atoms with Crippen molar-refractivity contribution in [3.63, 3.8) is 0 Å². The maximum absolute atomic E-state index is 12.0. The fourth-order valence-electron chi connectivity index (χ4n) is 3.46. The van der Waals surface area contributed by atoms with Gasteiger partial charge in [0.1, 0.15) is 5.75 Å². The number of amides is 2. The van der Waals surface area contributed by atoms with E-state index in [2.05, 4.69) is 10.6 Å². The molecule has 4 heteroatoms. The highest BCUT2D eigenvalue weighted by Crippen LogP contribution is 2.44. The van der Waals surface area contributed by atoms with Crippen molar-refractivity contribution >= 4 is 11.7 Å². The molecule has 2 bridgehead atoms. The zero-order valence-electron chi connectivity index (χ0n) is 11.2. The van der Waals surface area contributed by atoms with E-state index in [0.29, 0.717) is 12.0 Å². The van der Waals surface area contributed by atoms with E-state index in [1.165, 1.54) is 19.3 Å². The molecule has 2 saturated carbocycles. The predicted octanol–water partition coefficient (Wildman–Crippen LogP) is 3.01. The van der Waals surface area contributed by atoms with Gasteiger partial charge in [-0.05, 0) is 43.2 Å². The lowest BCUT2D eigenvalue weighted by atomic mass is 9.95. The molecular weight excluding hydrogens is 240 g/mol. The summed E-state index contributed by atoms with van der Waals surface area (Å²) in [5.41, 5.74) is 0.764. The molecule has 2 N–H and O–H groups in total. The number of hydrogen-bond acceptors (Lipinski definition) is 2. The minimum Gasteiger partial charge on any atom is -0.497 e. The van der Waals surface area contributed by atoms with E-state index in [4.69, 9.17) is 4.74 Å². The third-order valence-corrected chi connectivity index (χ3v) is 4.38. The molecule has 4 nitrogen and oxygen atoms in total. The number of ether oxygens (including phenoxy) is 1. The first kappa shape index (κ1) is 12.3. The van der Waals surface area contributed by atoms with Crippen LogP contribution in [0.1, 0.15) is 25.7 Å². The molecule has 0 spiro atoms. The number of carbonyl (C=O) groups is 1. The quantitative estimate of drug-likeness (QED) is 0.877. The van der Waals surface area contributed by atoms with E-state index in [9.17, 15) is 4.79 Å². The van der Waals surface area contributed by atoms with Crippen molar-refractivity contribution in [2.75, 3.05) is 12.4 Å². The summed E-state index contributed by atoms with van der Waals surface area (Å²) in [5.74, 6) is 2.28. The lowest BCUT2D eigenvalue weighted by Gasteiger charge is -2.23. The average molecular weight is 260 g/mol. The first-order chi connectivity index (χ1) is 9.24. The number of nitrogens with one attached hydrogen (secondary N) is 2. The van der Waals surface area contributed by atoms with Crippen molar-refractivity contribution in [3.8, 4) is 5.75 Å². The summed E-state index contributed by atoms with van der Waals surface area (Å²) in [5, 5.41) is 5.98. The van der Waals surface area contributed by atoms with Crippen LogP contribution in [0.4, 0.5) is 10.5 Å². The Hall–Kier alpha value is -1.71. The van der Waals surface area contributed by atoms with Gasteiger partial charge in [-0.25, -0.2) is 4.79 Å². The van der Waals surface area contributed by atoms with Crippen molar-refractivity contribution in [1.82, 2.24) is 5.32 Å². The van der Waals surface area contributed by atoms with E-state index in [-0.39, 0.29) is 6.03 Å². The van der Waals surface area contributed by atoms with Gasteiger partial charge in [-0.15, -0.1) is 0 Å². The Bertz CT molecular complexity index is 475. The Kier molecular flexibility index (Phi) is 3.32. The van der Waals surface area contributed by atoms with Gasteiger partial charge in [-0.1, -0.05) is 12.5 Å². The van der Waals surface area contributed by atoms with E-state index < -0.39 is 0 Å². The molecule has 2 amide bonds. The number of hydrogen-bond donors (Lipinski definition) is 2. The molecule has 0 heterocycles. The highest BCUT2D eigenvalue weighted by molar-refractivity contribution is 5.89. The SMILES string of the molecule is COc1cccc(NC(=O)N[C@@H]2C[C@H]3CC[C@@H]2C3)c1. The van der Waals surface area contributed by atoms with Crippen LogP contribution in [0.5, 0.6) is 5.75 Å². The zero-order chi connectivity index (χ0) is 13.2. The summed E-state index contributed by atoms with van der Waals surface area (Å²) in [6.45, 7) is 0. The average Bonchev–Trinajstić information content (AvgIpc) is 3.01. The monoisotopic (exact) mass is 260 g/mol.